The van der Waals surface area contributed by atoms with Crippen molar-refractivity contribution >= 4 is 39.2 Å². The summed E-state index contributed by atoms with van der Waals surface area (Å²) in [4.78, 5) is 11.5. The molecule has 1 aromatic heterocycles. The molecule has 0 spiro atoms. The largest absolute Gasteiger partial charge is 0.465 e. The van der Waals surface area contributed by atoms with Crippen LogP contribution in [0.25, 0.3) is 0 Å². The maximum atomic E-state index is 12.2. The first-order valence-corrected chi connectivity index (χ1v) is 8.61. The average Bonchev–Trinajstić information content (AvgIpc) is 2.88. The lowest BCUT2D eigenvalue weighted by Gasteiger charge is -2.06. The van der Waals surface area contributed by atoms with Gasteiger partial charge in [-0.3, -0.25) is 0 Å². The number of benzene rings is 1. The summed E-state index contributed by atoms with van der Waals surface area (Å²) >= 11 is 11.8. The second kappa shape index (κ2) is 6.92. The molecule has 23 heavy (non-hydrogen) atoms. The maximum Gasteiger partial charge on any atom is 0.341 e. The fraction of sp³-hybridized carbons (Fsp3) is 0.214. The lowest BCUT2D eigenvalue weighted by molar-refractivity contribution is 0.0599. The van der Waals surface area contributed by atoms with Gasteiger partial charge in [0.2, 0.25) is 5.09 Å². The Morgan fingerprint density at radius 3 is 2.61 bits per heavy atom. The number of carbonyl (C=O) groups is 1. The number of methoxy groups -OCH3 is 1. The van der Waals surface area contributed by atoms with E-state index in [2.05, 4.69) is 9.46 Å². The van der Waals surface area contributed by atoms with Crippen LogP contribution in [0, 0.1) is 6.92 Å². The highest BCUT2D eigenvalue weighted by Gasteiger charge is 2.24. The number of ether oxygens (including phenoxy) is 1. The Hall–Kier alpha value is -1.54. The number of hydrogen-bond acceptors (Lipinski definition) is 5. The summed E-state index contributed by atoms with van der Waals surface area (Å²) in [5.41, 5.74) is 0.605. The number of carbonyl (C=O) groups excluding carboxylic acids is 1. The summed E-state index contributed by atoms with van der Waals surface area (Å²) in [6.45, 7) is 1.42. The van der Waals surface area contributed by atoms with Crippen LogP contribution in [0.1, 0.15) is 21.7 Å². The molecule has 2 aromatic rings. The molecule has 0 saturated carbocycles. The van der Waals surface area contributed by atoms with E-state index in [1.807, 2.05) is 0 Å². The van der Waals surface area contributed by atoms with Crippen LogP contribution in [0.4, 0.5) is 0 Å². The van der Waals surface area contributed by atoms with E-state index in [-0.39, 0.29) is 23.0 Å². The molecule has 9 heteroatoms. The van der Waals surface area contributed by atoms with Crippen molar-refractivity contribution in [3.8, 4) is 0 Å². The summed E-state index contributed by atoms with van der Waals surface area (Å²) in [5.74, 6) is -0.518. The van der Waals surface area contributed by atoms with Crippen molar-refractivity contribution < 1.29 is 22.4 Å². The molecule has 2 rings (SSSR count). The number of halogens is 2. The molecule has 6 nitrogen and oxygen atoms in total. The van der Waals surface area contributed by atoms with Crippen molar-refractivity contribution in [2.24, 2.45) is 0 Å². The highest BCUT2D eigenvalue weighted by molar-refractivity contribution is 7.89. The summed E-state index contributed by atoms with van der Waals surface area (Å²) in [5, 5.41) is 0.414. The summed E-state index contributed by atoms with van der Waals surface area (Å²) in [6, 6.07) is 5.84. The van der Waals surface area contributed by atoms with Crippen molar-refractivity contribution in [2.75, 3.05) is 7.11 Å². The third-order valence-electron chi connectivity index (χ3n) is 3.03. The van der Waals surface area contributed by atoms with E-state index < -0.39 is 16.0 Å². The quantitative estimate of drug-likeness (QED) is 0.808. The van der Waals surface area contributed by atoms with Crippen molar-refractivity contribution in [2.45, 2.75) is 18.6 Å². The van der Waals surface area contributed by atoms with Gasteiger partial charge in [0.25, 0.3) is 10.0 Å². The Bertz CT molecular complexity index is 845. The number of aryl methyl sites for hydroxylation is 1. The lowest BCUT2D eigenvalue weighted by Crippen LogP contribution is -2.23. The monoisotopic (exact) mass is 377 g/mol. The van der Waals surface area contributed by atoms with Gasteiger partial charge >= 0.3 is 5.97 Å². The second-order valence-electron chi connectivity index (χ2n) is 4.59. The van der Waals surface area contributed by atoms with E-state index in [1.165, 1.54) is 20.1 Å². The Labute approximate surface area is 143 Å². The Balaban J connectivity index is 2.21. The van der Waals surface area contributed by atoms with Crippen molar-refractivity contribution in [1.29, 1.82) is 0 Å². The first-order chi connectivity index (χ1) is 10.7. The topological polar surface area (TPSA) is 85.6 Å². The first kappa shape index (κ1) is 17.8. The highest BCUT2D eigenvalue weighted by atomic mass is 35.5. The highest BCUT2D eigenvalue weighted by Crippen LogP contribution is 2.23. The summed E-state index contributed by atoms with van der Waals surface area (Å²) in [7, 11) is -2.75. The first-order valence-electron chi connectivity index (χ1n) is 6.37. The van der Waals surface area contributed by atoms with Gasteiger partial charge in [0.05, 0.1) is 7.11 Å². The summed E-state index contributed by atoms with van der Waals surface area (Å²) < 4.78 is 36.5. The molecule has 1 aromatic carbocycles. The number of sulfonamides is 1. The molecule has 0 fully saturated rings. The van der Waals surface area contributed by atoms with Crippen LogP contribution in [0.15, 0.2) is 33.8 Å². The number of rotatable bonds is 5. The molecule has 0 radical (unpaired) electrons. The standard InChI is InChI=1S/C14H13Cl2NO5S/c1-8-11(14(18)21-2)6-13(22-8)23(19,20)17-7-9-3-4-10(15)5-12(9)16/h3-6,17H,7H2,1-2H3. The second-order valence-corrected chi connectivity index (χ2v) is 7.13. The maximum absolute atomic E-state index is 12.2. The zero-order valence-electron chi connectivity index (χ0n) is 12.2. The Morgan fingerprint density at radius 2 is 2.00 bits per heavy atom. The summed E-state index contributed by atoms with van der Waals surface area (Å²) in [6.07, 6.45) is 0. The Kier molecular flexibility index (Phi) is 5.36. The zero-order valence-corrected chi connectivity index (χ0v) is 14.6. The van der Waals surface area contributed by atoms with Gasteiger partial charge in [0.1, 0.15) is 11.3 Å². The SMILES string of the molecule is COC(=O)c1cc(S(=O)(=O)NCc2ccc(Cl)cc2Cl)oc1C. The number of furan rings is 1. The van der Waals surface area contributed by atoms with Crippen LogP contribution < -0.4 is 4.72 Å². The normalized spacial score (nSPS) is 11.5. The fourth-order valence-electron chi connectivity index (χ4n) is 1.81. The van der Waals surface area contributed by atoms with Gasteiger partial charge in [-0.25, -0.2) is 17.9 Å². The van der Waals surface area contributed by atoms with Gasteiger partial charge in [-0.2, -0.15) is 0 Å². The van der Waals surface area contributed by atoms with Gasteiger partial charge in [-0.15, -0.1) is 0 Å². The number of hydrogen-bond donors (Lipinski definition) is 1. The third kappa shape index (κ3) is 4.06. The van der Waals surface area contributed by atoms with Gasteiger partial charge in [0, 0.05) is 22.7 Å². The minimum Gasteiger partial charge on any atom is -0.465 e. The Morgan fingerprint density at radius 1 is 1.30 bits per heavy atom. The van der Waals surface area contributed by atoms with Gasteiger partial charge in [-0.1, -0.05) is 29.3 Å². The van der Waals surface area contributed by atoms with E-state index >= 15 is 0 Å². The zero-order chi connectivity index (χ0) is 17.2. The van der Waals surface area contributed by atoms with Crippen molar-refractivity contribution in [3.63, 3.8) is 0 Å². The van der Waals surface area contributed by atoms with Crippen LogP contribution in [-0.4, -0.2) is 21.5 Å². The van der Waals surface area contributed by atoms with Crippen LogP contribution in [0.2, 0.25) is 10.0 Å². The van der Waals surface area contributed by atoms with E-state index in [9.17, 15) is 13.2 Å². The van der Waals surface area contributed by atoms with Crippen LogP contribution >= 0.6 is 23.2 Å². The molecule has 124 valence electrons. The molecule has 1 N–H and O–H groups in total. The van der Waals surface area contributed by atoms with Gasteiger partial charge in [0.15, 0.2) is 0 Å². The smallest absolute Gasteiger partial charge is 0.341 e. The third-order valence-corrected chi connectivity index (χ3v) is 4.88. The average molecular weight is 378 g/mol. The fourth-order valence-corrected chi connectivity index (χ4v) is 3.28. The predicted molar refractivity (Wildman–Crippen MR) is 85.3 cm³/mol. The molecule has 0 amide bonds. The van der Waals surface area contributed by atoms with Crippen molar-refractivity contribution in [3.05, 3.63) is 51.2 Å². The molecule has 0 unspecified atom stereocenters. The molecule has 0 aliphatic rings. The molecule has 0 aliphatic heterocycles. The van der Waals surface area contributed by atoms with Crippen LogP contribution in [0.5, 0.6) is 0 Å². The molecular formula is C14H13Cl2NO5S. The molecule has 1 heterocycles. The minimum atomic E-state index is -3.94. The van der Waals surface area contributed by atoms with Gasteiger partial charge in [-0.05, 0) is 24.6 Å². The van der Waals surface area contributed by atoms with E-state index in [4.69, 9.17) is 27.6 Å². The van der Waals surface area contributed by atoms with Crippen LogP contribution in [-0.2, 0) is 21.3 Å². The molecule has 0 atom stereocenters. The molecular weight excluding hydrogens is 365 g/mol. The number of esters is 1. The molecule has 0 bridgehead atoms. The van der Waals surface area contributed by atoms with E-state index in [0.29, 0.717) is 15.6 Å². The van der Waals surface area contributed by atoms with Crippen molar-refractivity contribution in [1.82, 2.24) is 4.72 Å². The lowest BCUT2D eigenvalue weighted by atomic mass is 10.2. The minimum absolute atomic E-state index is 0.0500. The molecule has 0 aliphatic carbocycles. The van der Waals surface area contributed by atoms with Gasteiger partial charge < -0.3 is 9.15 Å². The molecule has 0 saturated heterocycles. The number of nitrogens with one attached hydrogen (secondary N) is 1. The predicted octanol–water partition coefficient (Wildman–Crippen LogP) is 3.16. The van der Waals surface area contributed by atoms with E-state index in [0.717, 1.165) is 6.07 Å². The van der Waals surface area contributed by atoms with E-state index in [1.54, 1.807) is 12.1 Å². The van der Waals surface area contributed by atoms with Crippen LogP contribution in [0.3, 0.4) is 0 Å².